The largest absolute Gasteiger partial charge is 0.464 e. The number of nitrogens with one attached hydrogen (secondary N) is 1. The average molecular weight is 247 g/mol. The van der Waals surface area contributed by atoms with Gasteiger partial charge in [-0.1, -0.05) is 13.3 Å². The topological polar surface area (TPSA) is 64.1 Å². The Morgan fingerprint density at radius 3 is 3.06 bits per heavy atom. The molecule has 98 valence electrons. The Labute approximate surface area is 108 Å². The highest BCUT2D eigenvalue weighted by Crippen LogP contribution is 2.22. The number of hydrogen-bond acceptors (Lipinski definition) is 4. The molecule has 0 radical (unpaired) electrons. The van der Waals surface area contributed by atoms with Crippen molar-refractivity contribution in [3.63, 3.8) is 0 Å². The summed E-state index contributed by atoms with van der Waals surface area (Å²) in [4.78, 5) is 4.37. The Morgan fingerprint density at radius 2 is 2.28 bits per heavy atom. The number of aromatic nitrogens is 1. The number of furan rings is 1. The monoisotopic (exact) mass is 247 g/mol. The van der Waals surface area contributed by atoms with Gasteiger partial charge < -0.3 is 15.5 Å². The van der Waals surface area contributed by atoms with E-state index in [9.17, 15) is 0 Å². The predicted molar refractivity (Wildman–Crippen MR) is 74.6 cm³/mol. The Hall–Kier alpha value is -1.55. The minimum Gasteiger partial charge on any atom is -0.464 e. The van der Waals surface area contributed by atoms with Crippen LogP contribution in [-0.4, -0.2) is 18.1 Å². The summed E-state index contributed by atoms with van der Waals surface area (Å²) in [6.45, 7) is 3.87. The molecule has 0 fully saturated rings. The van der Waals surface area contributed by atoms with Crippen molar-refractivity contribution < 1.29 is 4.42 Å². The smallest absolute Gasteiger partial charge is 0.139 e. The molecule has 0 amide bonds. The average Bonchev–Trinajstić information content (AvgIpc) is 2.85. The first-order chi connectivity index (χ1) is 8.85. The van der Waals surface area contributed by atoms with E-state index in [-0.39, 0.29) is 0 Å². The maximum absolute atomic E-state index is 5.64. The number of pyridine rings is 1. The number of anilines is 1. The van der Waals surface area contributed by atoms with E-state index >= 15 is 0 Å². The molecule has 4 nitrogen and oxygen atoms in total. The van der Waals surface area contributed by atoms with E-state index in [1.165, 1.54) is 12.8 Å². The lowest BCUT2D eigenvalue weighted by Gasteiger charge is -2.16. The second-order valence-corrected chi connectivity index (χ2v) is 4.60. The van der Waals surface area contributed by atoms with Crippen LogP contribution in [0.3, 0.4) is 0 Å². The Balaban J connectivity index is 2.02. The van der Waals surface area contributed by atoms with Crippen LogP contribution in [0.1, 0.15) is 26.2 Å². The highest BCUT2D eigenvalue weighted by molar-refractivity contribution is 5.87. The molecule has 0 aliphatic rings. The molecule has 0 aromatic carbocycles. The van der Waals surface area contributed by atoms with E-state index in [1.807, 2.05) is 12.1 Å². The molecule has 3 N–H and O–H groups in total. The molecule has 2 aromatic heterocycles. The molecule has 0 saturated carbocycles. The Morgan fingerprint density at radius 1 is 1.39 bits per heavy atom. The van der Waals surface area contributed by atoms with Crippen LogP contribution >= 0.6 is 0 Å². The summed E-state index contributed by atoms with van der Waals surface area (Å²) < 4.78 is 5.36. The summed E-state index contributed by atoms with van der Waals surface area (Å²) in [6, 6.07) is 3.83. The van der Waals surface area contributed by atoms with E-state index in [4.69, 9.17) is 10.2 Å². The van der Waals surface area contributed by atoms with Crippen molar-refractivity contribution in [2.45, 2.75) is 26.2 Å². The third kappa shape index (κ3) is 3.01. The van der Waals surface area contributed by atoms with Gasteiger partial charge in [0.1, 0.15) is 11.4 Å². The van der Waals surface area contributed by atoms with Gasteiger partial charge in [-0.25, -0.2) is 4.98 Å². The maximum Gasteiger partial charge on any atom is 0.139 e. The third-order valence-corrected chi connectivity index (χ3v) is 3.21. The lowest BCUT2D eigenvalue weighted by Crippen LogP contribution is -2.18. The molecule has 2 rings (SSSR count). The zero-order valence-electron chi connectivity index (χ0n) is 10.9. The minimum absolute atomic E-state index is 0.615. The summed E-state index contributed by atoms with van der Waals surface area (Å²) in [7, 11) is 0. The molecule has 0 bridgehead atoms. The molecule has 0 saturated heterocycles. The van der Waals surface area contributed by atoms with Crippen LogP contribution in [0.5, 0.6) is 0 Å². The summed E-state index contributed by atoms with van der Waals surface area (Å²) in [5.41, 5.74) is 6.52. The molecule has 0 aliphatic carbocycles. The van der Waals surface area contributed by atoms with E-state index in [0.717, 1.165) is 36.3 Å². The molecular weight excluding hydrogens is 226 g/mol. The SMILES string of the molecule is CCCC(CCN)CNc1nccc2occc12. The first kappa shape index (κ1) is 12.9. The van der Waals surface area contributed by atoms with Gasteiger partial charge in [0.15, 0.2) is 0 Å². The first-order valence-corrected chi connectivity index (χ1v) is 6.61. The molecule has 1 unspecified atom stereocenters. The van der Waals surface area contributed by atoms with Gasteiger partial charge in [-0.05, 0) is 37.4 Å². The molecule has 2 aromatic rings. The lowest BCUT2D eigenvalue weighted by atomic mass is 10.00. The second-order valence-electron chi connectivity index (χ2n) is 4.60. The van der Waals surface area contributed by atoms with Gasteiger partial charge in [-0.2, -0.15) is 0 Å². The van der Waals surface area contributed by atoms with E-state index in [2.05, 4.69) is 17.2 Å². The molecule has 0 aliphatic heterocycles. The highest BCUT2D eigenvalue weighted by atomic mass is 16.3. The van der Waals surface area contributed by atoms with Crippen molar-refractivity contribution in [3.8, 4) is 0 Å². The predicted octanol–water partition coefficient (Wildman–Crippen LogP) is 3.00. The third-order valence-electron chi connectivity index (χ3n) is 3.21. The van der Waals surface area contributed by atoms with E-state index in [0.29, 0.717) is 5.92 Å². The summed E-state index contributed by atoms with van der Waals surface area (Å²) in [5.74, 6) is 1.52. The first-order valence-electron chi connectivity index (χ1n) is 6.61. The van der Waals surface area contributed by atoms with Gasteiger partial charge in [0, 0.05) is 12.7 Å². The van der Waals surface area contributed by atoms with Crippen LogP contribution in [0, 0.1) is 5.92 Å². The van der Waals surface area contributed by atoms with Gasteiger partial charge >= 0.3 is 0 Å². The van der Waals surface area contributed by atoms with Crippen molar-refractivity contribution in [3.05, 3.63) is 24.6 Å². The van der Waals surface area contributed by atoms with Crippen molar-refractivity contribution in [1.82, 2.24) is 4.98 Å². The molecule has 1 atom stereocenters. The van der Waals surface area contributed by atoms with E-state index < -0.39 is 0 Å². The van der Waals surface area contributed by atoms with Crippen molar-refractivity contribution in [2.75, 3.05) is 18.4 Å². The van der Waals surface area contributed by atoms with Crippen LogP contribution < -0.4 is 11.1 Å². The van der Waals surface area contributed by atoms with Crippen LogP contribution in [-0.2, 0) is 0 Å². The standard InChI is InChI=1S/C14H21N3O/c1-2-3-11(4-7-15)10-17-14-12-6-9-18-13(12)5-8-16-14/h5-6,8-9,11H,2-4,7,10,15H2,1H3,(H,16,17). The number of nitrogens with two attached hydrogens (primary N) is 1. The quantitative estimate of drug-likeness (QED) is 0.789. The fraction of sp³-hybridized carbons (Fsp3) is 0.500. The zero-order chi connectivity index (χ0) is 12.8. The van der Waals surface area contributed by atoms with Crippen molar-refractivity contribution in [1.29, 1.82) is 0 Å². The number of nitrogens with zero attached hydrogens (tertiary/aromatic N) is 1. The molecule has 4 heteroatoms. The van der Waals surface area contributed by atoms with Crippen LogP contribution in [0.15, 0.2) is 29.0 Å². The molecular formula is C14H21N3O. The van der Waals surface area contributed by atoms with Crippen molar-refractivity contribution in [2.24, 2.45) is 11.7 Å². The maximum atomic E-state index is 5.64. The number of fused-ring (bicyclic) bond motifs is 1. The minimum atomic E-state index is 0.615. The highest BCUT2D eigenvalue weighted by Gasteiger charge is 2.09. The zero-order valence-corrected chi connectivity index (χ0v) is 10.9. The lowest BCUT2D eigenvalue weighted by molar-refractivity contribution is 0.473. The number of hydrogen-bond donors (Lipinski definition) is 2. The Bertz CT molecular complexity index is 475. The normalized spacial score (nSPS) is 12.8. The molecule has 2 heterocycles. The Kier molecular flexibility index (Phi) is 4.59. The van der Waals surface area contributed by atoms with Gasteiger partial charge in [0.25, 0.3) is 0 Å². The summed E-state index contributed by atoms with van der Waals surface area (Å²) in [6.07, 6.45) is 6.91. The van der Waals surface area contributed by atoms with Gasteiger partial charge in [0.2, 0.25) is 0 Å². The summed E-state index contributed by atoms with van der Waals surface area (Å²) >= 11 is 0. The molecule has 0 spiro atoms. The van der Waals surface area contributed by atoms with E-state index in [1.54, 1.807) is 12.5 Å². The fourth-order valence-electron chi connectivity index (χ4n) is 2.27. The van der Waals surface area contributed by atoms with Crippen LogP contribution in [0.4, 0.5) is 5.82 Å². The fourth-order valence-corrected chi connectivity index (χ4v) is 2.27. The van der Waals surface area contributed by atoms with Crippen molar-refractivity contribution >= 4 is 16.8 Å². The van der Waals surface area contributed by atoms with Crippen LogP contribution in [0.25, 0.3) is 11.0 Å². The van der Waals surface area contributed by atoms with Gasteiger partial charge in [-0.3, -0.25) is 0 Å². The molecule has 18 heavy (non-hydrogen) atoms. The van der Waals surface area contributed by atoms with Gasteiger partial charge in [0.05, 0.1) is 11.6 Å². The van der Waals surface area contributed by atoms with Gasteiger partial charge in [-0.15, -0.1) is 0 Å². The second kappa shape index (κ2) is 6.40. The number of rotatable bonds is 7. The summed E-state index contributed by atoms with van der Waals surface area (Å²) in [5, 5.41) is 4.46. The van der Waals surface area contributed by atoms with Crippen LogP contribution in [0.2, 0.25) is 0 Å².